The fourth-order valence-electron chi connectivity index (χ4n) is 2.75. The minimum Gasteiger partial charge on any atom is -0.379 e. The SMILES string of the molecule is CC(C)OCCCNC(=O)Cn1cnc2scc(-c3ccc(Cl)cc3)c2c1=O. The van der Waals surface area contributed by atoms with Gasteiger partial charge in [0.15, 0.2) is 0 Å². The van der Waals surface area contributed by atoms with Crippen molar-refractivity contribution in [2.24, 2.45) is 0 Å². The van der Waals surface area contributed by atoms with Crippen LogP contribution < -0.4 is 10.9 Å². The molecule has 0 aliphatic carbocycles. The molecule has 1 N–H and O–H groups in total. The molecule has 0 fully saturated rings. The molecule has 1 amide bonds. The first-order valence-corrected chi connectivity index (χ1v) is 10.3. The van der Waals surface area contributed by atoms with Crippen molar-refractivity contribution in [1.82, 2.24) is 14.9 Å². The number of benzene rings is 1. The van der Waals surface area contributed by atoms with Crippen LogP contribution >= 0.6 is 22.9 Å². The van der Waals surface area contributed by atoms with Gasteiger partial charge in [0.1, 0.15) is 11.4 Å². The zero-order chi connectivity index (χ0) is 20.1. The van der Waals surface area contributed by atoms with E-state index in [4.69, 9.17) is 16.3 Å². The second-order valence-corrected chi connectivity index (χ2v) is 7.93. The minimum absolute atomic E-state index is 0.0668. The molecule has 28 heavy (non-hydrogen) atoms. The molecule has 2 heterocycles. The van der Waals surface area contributed by atoms with Gasteiger partial charge in [0.25, 0.3) is 5.56 Å². The molecule has 148 valence electrons. The number of thiophene rings is 1. The normalized spacial score (nSPS) is 11.3. The molecular formula is C20H22ClN3O3S. The average Bonchev–Trinajstić information content (AvgIpc) is 3.09. The summed E-state index contributed by atoms with van der Waals surface area (Å²) < 4.78 is 6.78. The molecule has 3 aromatic rings. The maximum absolute atomic E-state index is 12.9. The highest BCUT2D eigenvalue weighted by molar-refractivity contribution is 7.17. The van der Waals surface area contributed by atoms with E-state index in [0.29, 0.717) is 28.4 Å². The Kier molecular flexibility index (Phi) is 6.83. The zero-order valence-electron chi connectivity index (χ0n) is 15.8. The van der Waals surface area contributed by atoms with Gasteiger partial charge in [-0.25, -0.2) is 4.98 Å². The number of aromatic nitrogens is 2. The number of carbonyl (C=O) groups excluding carboxylic acids is 1. The Balaban J connectivity index is 1.73. The van der Waals surface area contributed by atoms with Gasteiger partial charge in [-0.1, -0.05) is 23.7 Å². The molecule has 0 atom stereocenters. The van der Waals surface area contributed by atoms with E-state index in [1.165, 1.54) is 22.2 Å². The first-order chi connectivity index (χ1) is 13.5. The van der Waals surface area contributed by atoms with Gasteiger partial charge in [0.2, 0.25) is 5.91 Å². The quantitative estimate of drug-likeness (QED) is 0.565. The smallest absolute Gasteiger partial charge is 0.263 e. The van der Waals surface area contributed by atoms with Crippen molar-refractivity contribution < 1.29 is 9.53 Å². The Morgan fingerprint density at radius 3 is 2.79 bits per heavy atom. The van der Waals surface area contributed by atoms with Gasteiger partial charge in [-0.3, -0.25) is 14.2 Å². The highest BCUT2D eigenvalue weighted by Gasteiger charge is 2.14. The number of hydrogen-bond acceptors (Lipinski definition) is 5. The summed E-state index contributed by atoms with van der Waals surface area (Å²) in [4.78, 5) is 30.1. The van der Waals surface area contributed by atoms with Crippen LogP contribution in [0.1, 0.15) is 20.3 Å². The van der Waals surface area contributed by atoms with E-state index in [2.05, 4.69) is 10.3 Å². The van der Waals surface area contributed by atoms with Crippen molar-refractivity contribution in [3.05, 3.63) is 51.3 Å². The summed E-state index contributed by atoms with van der Waals surface area (Å²) in [6.07, 6.45) is 2.32. The van der Waals surface area contributed by atoms with E-state index in [1.54, 1.807) is 12.1 Å². The lowest BCUT2D eigenvalue weighted by molar-refractivity contribution is -0.121. The van der Waals surface area contributed by atoms with Crippen molar-refractivity contribution in [3.8, 4) is 11.1 Å². The summed E-state index contributed by atoms with van der Waals surface area (Å²) in [6, 6.07) is 7.30. The molecule has 0 radical (unpaired) electrons. The number of nitrogens with one attached hydrogen (secondary N) is 1. The maximum atomic E-state index is 12.9. The highest BCUT2D eigenvalue weighted by atomic mass is 35.5. The monoisotopic (exact) mass is 419 g/mol. The standard InChI is InChI=1S/C20H22ClN3O3S/c1-13(2)27-9-3-8-22-17(25)10-24-12-23-19-18(20(24)26)16(11-28-19)14-4-6-15(21)7-5-14/h4-7,11-13H,3,8-10H2,1-2H3,(H,22,25). The zero-order valence-corrected chi connectivity index (χ0v) is 17.3. The number of rotatable bonds is 8. The van der Waals surface area contributed by atoms with E-state index in [0.717, 1.165) is 17.5 Å². The summed E-state index contributed by atoms with van der Waals surface area (Å²) in [5, 5.41) is 5.87. The molecule has 1 aromatic carbocycles. The van der Waals surface area contributed by atoms with Crippen LogP contribution in [0.25, 0.3) is 21.3 Å². The highest BCUT2D eigenvalue weighted by Crippen LogP contribution is 2.31. The van der Waals surface area contributed by atoms with Crippen LogP contribution in [0.15, 0.2) is 40.8 Å². The van der Waals surface area contributed by atoms with Gasteiger partial charge in [0.05, 0.1) is 17.8 Å². The van der Waals surface area contributed by atoms with Crippen LogP contribution in [-0.2, 0) is 16.1 Å². The molecule has 2 aromatic heterocycles. The van der Waals surface area contributed by atoms with Gasteiger partial charge in [-0.05, 0) is 38.0 Å². The number of ether oxygens (including phenoxy) is 1. The summed E-state index contributed by atoms with van der Waals surface area (Å²) in [5.41, 5.74) is 1.46. The summed E-state index contributed by atoms with van der Waals surface area (Å²) in [7, 11) is 0. The van der Waals surface area contributed by atoms with Crippen molar-refractivity contribution >= 4 is 39.1 Å². The fourth-order valence-corrected chi connectivity index (χ4v) is 3.78. The molecule has 8 heteroatoms. The molecule has 0 aliphatic rings. The Labute approximate surface area is 172 Å². The third-order valence-corrected chi connectivity index (χ3v) is 5.26. The Morgan fingerprint density at radius 1 is 1.32 bits per heavy atom. The number of nitrogens with zero attached hydrogens (tertiary/aromatic N) is 2. The van der Waals surface area contributed by atoms with Crippen LogP contribution in [-0.4, -0.2) is 34.7 Å². The third kappa shape index (κ3) is 4.98. The van der Waals surface area contributed by atoms with Gasteiger partial charge in [0, 0.05) is 29.1 Å². The molecule has 0 bridgehead atoms. The number of fused-ring (bicyclic) bond motifs is 1. The van der Waals surface area contributed by atoms with Crippen LogP contribution in [0, 0.1) is 0 Å². The van der Waals surface area contributed by atoms with Crippen molar-refractivity contribution in [2.45, 2.75) is 32.9 Å². The molecule has 0 saturated heterocycles. The van der Waals surface area contributed by atoms with Gasteiger partial charge in [-0.15, -0.1) is 11.3 Å². The van der Waals surface area contributed by atoms with Gasteiger partial charge in [-0.2, -0.15) is 0 Å². The third-order valence-electron chi connectivity index (χ3n) is 4.12. The number of carbonyl (C=O) groups is 1. The molecule has 0 aliphatic heterocycles. The second-order valence-electron chi connectivity index (χ2n) is 6.64. The molecule has 0 unspecified atom stereocenters. The summed E-state index contributed by atoms with van der Waals surface area (Å²) in [6.45, 7) is 4.96. The number of amides is 1. The number of halogens is 1. The van der Waals surface area contributed by atoms with E-state index < -0.39 is 0 Å². The van der Waals surface area contributed by atoms with Crippen LogP contribution in [0.4, 0.5) is 0 Å². The lowest BCUT2D eigenvalue weighted by Gasteiger charge is -2.09. The summed E-state index contributed by atoms with van der Waals surface area (Å²) in [5.74, 6) is -0.226. The molecular weight excluding hydrogens is 398 g/mol. The Morgan fingerprint density at radius 2 is 2.07 bits per heavy atom. The van der Waals surface area contributed by atoms with Gasteiger partial charge < -0.3 is 10.1 Å². The molecule has 6 nitrogen and oxygen atoms in total. The lowest BCUT2D eigenvalue weighted by atomic mass is 10.1. The lowest BCUT2D eigenvalue weighted by Crippen LogP contribution is -2.33. The van der Waals surface area contributed by atoms with E-state index in [-0.39, 0.29) is 24.1 Å². The van der Waals surface area contributed by atoms with Crippen molar-refractivity contribution in [3.63, 3.8) is 0 Å². The predicted molar refractivity (Wildman–Crippen MR) is 113 cm³/mol. The topological polar surface area (TPSA) is 73.2 Å². The summed E-state index contributed by atoms with van der Waals surface area (Å²) >= 11 is 7.36. The van der Waals surface area contributed by atoms with Crippen molar-refractivity contribution in [1.29, 1.82) is 0 Å². The average molecular weight is 420 g/mol. The Hall–Kier alpha value is -2.22. The largest absolute Gasteiger partial charge is 0.379 e. The maximum Gasteiger partial charge on any atom is 0.263 e. The Bertz CT molecular complexity index is 1010. The molecule has 0 saturated carbocycles. The van der Waals surface area contributed by atoms with E-state index in [1.807, 2.05) is 31.4 Å². The fraction of sp³-hybridized carbons (Fsp3) is 0.350. The van der Waals surface area contributed by atoms with Crippen LogP contribution in [0.2, 0.25) is 5.02 Å². The van der Waals surface area contributed by atoms with Crippen molar-refractivity contribution in [2.75, 3.05) is 13.2 Å². The van der Waals surface area contributed by atoms with Crippen LogP contribution in [0.3, 0.4) is 0 Å². The second kappa shape index (κ2) is 9.32. The first-order valence-electron chi connectivity index (χ1n) is 9.06. The minimum atomic E-state index is -0.227. The van der Waals surface area contributed by atoms with Gasteiger partial charge >= 0.3 is 0 Å². The first kappa shape index (κ1) is 20.5. The molecule has 0 spiro atoms. The van der Waals surface area contributed by atoms with E-state index >= 15 is 0 Å². The predicted octanol–water partition coefficient (Wildman–Crippen LogP) is 3.71. The molecule has 3 rings (SSSR count). The van der Waals surface area contributed by atoms with Crippen LogP contribution in [0.5, 0.6) is 0 Å². The van der Waals surface area contributed by atoms with E-state index in [9.17, 15) is 9.59 Å². The number of hydrogen-bond donors (Lipinski definition) is 1.